The Morgan fingerprint density at radius 2 is 1.87 bits per heavy atom. The van der Waals surface area contributed by atoms with Crippen LogP contribution in [-0.2, 0) is 4.79 Å². The monoisotopic (exact) mass is 410 g/mol. The molecular formula is C23H30N4O3. The minimum atomic E-state index is 0.153. The number of piperazine rings is 1. The van der Waals surface area contributed by atoms with Crippen molar-refractivity contribution in [3.63, 3.8) is 0 Å². The Morgan fingerprint density at radius 1 is 1.17 bits per heavy atom. The predicted molar refractivity (Wildman–Crippen MR) is 113 cm³/mol. The van der Waals surface area contributed by atoms with Gasteiger partial charge in [-0.3, -0.25) is 4.79 Å². The minimum Gasteiger partial charge on any atom is -0.459 e. The highest BCUT2D eigenvalue weighted by Crippen LogP contribution is 2.40. The normalized spacial score (nSPS) is 22.7. The SMILES string of the molecule is CC(C)(C)C1CCC(C(=O)N2CCN(c3oc(-c4ccco4)nc3C#N)CC2)CC1. The van der Waals surface area contributed by atoms with Crippen LogP contribution in [0.3, 0.4) is 0 Å². The van der Waals surface area contributed by atoms with Crippen LogP contribution in [0, 0.1) is 28.6 Å². The molecule has 1 saturated heterocycles. The summed E-state index contributed by atoms with van der Waals surface area (Å²) in [5.41, 5.74) is 0.575. The van der Waals surface area contributed by atoms with E-state index in [9.17, 15) is 10.1 Å². The first-order chi connectivity index (χ1) is 14.4. The maximum atomic E-state index is 13.0. The molecule has 2 aromatic heterocycles. The van der Waals surface area contributed by atoms with Crippen molar-refractivity contribution in [3.05, 3.63) is 24.1 Å². The van der Waals surface area contributed by atoms with Crippen LogP contribution in [0.5, 0.6) is 0 Å². The van der Waals surface area contributed by atoms with Gasteiger partial charge in [-0.2, -0.15) is 10.2 Å². The summed E-state index contributed by atoms with van der Waals surface area (Å²) in [7, 11) is 0. The van der Waals surface area contributed by atoms with E-state index in [1.165, 1.54) is 0 Å². The number of aromatic nitrogens is 1. The molecule has 160 valence electrons. The van der Waals surface area contributed by atoms with E-state index in [0.29, 0.717) is 55.0 Å². The third-order valence-electron chi connectivity index (χ3n) is 6.63. The van der Waals surface area contributed by atoms with E-state index in [2.05, 4.69) is 31.8 Å². The topological polar surface area (TPSA) is 86.5 Å². The fourth-order valence-corrected chi connectivity index (χ4v) is 4.70. The zero-order valence-electron chi connectivity index (χ0n) is 18.1. The molecule has 1 aliphatic carbocycles. The fraction of sp³-hybridized carbons (Fsp3) is 0.609. The average Bonchev–Trinajstić information content (AvgIpc) is 3.42. The van der Waals surface area contributed by atoms with E-state index < -0.39 is 0 Å². The smallest absolute Gasteiger partial charge is 0.266 e. The van der Waals surface area contributed by atoms with Crippen LogP contribution in [0.1, 0.15) is 52.1 Å². The molecular weight excluding hydrogens is 380 g/mol. The molecule has 0 bridgehead atoms. The van der Waals surface area contributed by atoms with Crippen molar-refractivity contribution in [1.29, 1.82) is 5.26 Å². The third-order valence-corrected chi connectivity index (χ3v) is 6.63. The van der Waals surface area contributed by atoms with E-state index in [1.807, 2.05) is 9.80 Å². The quantitative estimate of drug-likeness (QED) is 0.749. The molecule has 2 aliphatic rings. The van der Waals surface area contributed by atoms with Crippen LogP contribution in [0.2, 0.25) is 0 Å². The Labute approximate surface area is 177 Å². The fourth-order valence-electron chi connectivity index (χ4n) is 4.70. The lowest BCUT2D eigenvalue weighted by Gasteiger charge is -2.40. The van der Waals surface area contributed by atoms with E-state index in [0.717, 1.165) is 25.7 Å². The molecule has 3 heterocycles. The number of carbonyl (C=O) groups excluding carboxylic acids is 1. The molecule has 30 heavy (non-hydrogen) atoms. The molecule has 0 aromatic carbocycles. The molecule has 7 heteroatoms. The summed E-state index contributed by atoms with van der Waals surface area (Å²) in [4.78, 5) is 21.3. The zero-order valence-corrected chi connectivity index (χ0v) is 18.1. The predicted octanol–water partition coefficient (Wildman–Crippen LogP) is 4.31. The second-order valence-electron chi connectivity index (χ2n) is 9.49. The molecule has 1 aliphatic heterocycles. The molecule has 0 spiro atoms. The maximum Gasteiger partial charge on any atom is 0.266 e. The third kappa shape index (κ3) is 4.09. The van der Waals surface area contributed by atoms with Crippen molar-refractivity contribution >= 4 is 11.8 Å². The van der Waals surface area contributed by atoms with E-state index in [1.54, 1.807) is 18.4 Å². The van der Waals surface area contributed by atoms with Crippen molar-refractivity contribution < 1.29 is 13.6 Å². The second kappa shape index (κ2) is 8.17. The van der Waals surface area contributed by atoms with Gasteiger partial charge in [0.15, 0.2) is 5.76 Å². The number of anilines is 1. The zero-order chi connectivity index (χ0) is 21.3. The lowest BCUT2D eigenvalue weighted by Crippen LogP contribution is -2.51. The van der Waals surface area contributed by atoms with Gasteiger partial charge in [0.2, 0.25) is 17.5 Å². The molecule has 4 rings (SSSR count). The summed E-state index contributed by atoms with van der Waals surface area (Å²) in [6.45, 7) is 9.44. The van der Waals surface area contributed by atoms with Gasteiger partial charge < -0.3 is 18.6 Å². The van der Waals surface area contributed by atoms with Crippen molar-refractivity contribution in [3.8, 4) is 17.7 Å². The van der Waals surface area contributed by atoms with Gasteiger partial charge in [0.1, 0.15) is 6.07 Å². The molecule has 1 saturated carbocycles. The van der Waals surface area contributed by atoms with Gasteiger partial charge in [0.05, 0.1) is 6.26 Å². The highest BCUT2D eigenvalue weighted by Gasteiger charge is 2.35. The Morgan fingerprint density at radius 3 is 2.43 bits per heavy atom. The molecule has 2 fully saturated rings. The van der Waals surface area contributed by atoms with Crippen molar-refractivity contribution in [2.75, 3.05) is 31.1 Å². The number of hydrogen-bond donors (Lipinski definition) is 0. The van der Waals surface area contributed by atoms with Gasteiger partial charge in [0.25, 0.3) is 5.89 Å². The van der Waals surface area contributed by atoms with Gasteiger partial charge in [-0.15, -0.1) is 0 Å². The summed E-state index contributed by atoms with van der Waals surface area (Å²) in [5, 5.41) is 9.45. The van der Waals surface area contributed by atoms with Crippen LogP contribution >= 0.6 is 0 Å². The molecule has 0 radical (unpaired) electrons. The largest absolute Gasteiger partial charge is 0.459 e. The molecule has 0 N–H and O–H groups in total. The molecule has 1 amide bonds. The number of nitriles is 1. The van der Waals surface area contributed by atoms with Gasteiger partial charge in [-0.25, -0.2) is 0 Å². The van der Waals surface area contributed by atoms with Gasteiger partial charge in [-0.1, -0.05) is 20.8 Å². The first-order valence-corrected chi connectivity index (χ1v) is 10.9. The van der Waals surface area contributed by atoms with Crippen LogP contribution in [0.4, 0.5) is 5.88 Å². The van der Waals surface area contributed by atoms with E-state index in [4.69, 9.17) is 8.83 Å². The van der Waals surface area contributed by atoms with Crippen molar-refractivity contribution in [2.24, 2.45) is 17.3 Å². The number of nitrogens with zero attached hydrogens (tertiary/aromatic N) is 4. The van der Waals surface area contributed by atoms with Crippen LogP contribution in [-0.4, -0.2) is 42.0 Å². The van der Waals surface area contributed by atoms with Crippen LogP contribution in [0.25, 0.3) is 11.7 Å². The van der Waals surface area contributed by atoms with Crippen molar-refractivity contribution in [1.82, 2.24) is 9.88 Å². The average molecular weight is 411 g/mol. The summed E-state index contributed by atoms with van der Waals surface area (Å²) < 4.78 is 11.2. The van der Waals surface area contributed by atoms with E-state index in [-0.39, 0.29) is 17.5 Å². The summed E-state index contributed by atoms with van der Waals surface area (Å²) in [5.74, 6) is 2.41. The molecule has 0 atom stereocenters. The highest BCUT2D eigenvalue weighted by atomic mass is 16.4. The Balaban J connectivity index is 1.36. The van der Waals surface area contributed by atoms with Gasteiger partial charge >= 0.3 is 0 Å². The van der Waals surface area contributed by atoms with Crippen LogP contribution < -0.4 is 4.90 Å². The molecule has 0 unspecified atom stereocenters. The lowest BCUT2D eigenvalue weighted by molar-refractivity contribution is -0.137. The Hall–Kier alpha value is -2.75. The summed E-state index contributed by atoms with van der Waals surface area (Å²) >= 11 is 0. The van der Waals surface area contributed by atoms with Crippen LogP contribution in [0.15, 0.2) is 27.2 Å². The first kappa shape index (κ1) is 20.5. The Bertz CT molecular complexity index is 903. The summed E-state index contributed by atoms with van der Waals surface area (Å²) in [6, 6.07) is 5.61. The maximum absolute atomic E-state index is 13.0. The number of carbonyl (C=O) groups is 1. The number of oxazole rings is 1. The molecule has 2 aromatic rings. The van der Waals surface area contributed by atoms with Crippen molar-refractivity contribution in [2.45, 2.75) is 46.5 Å². The number of rotatable bonds is 3. The van der Waals surface area contributed by atoms with Gasteiger partial charge in [-0.05, 0) is 49.1 Å². The van der Waals surface area contributed by atoms with Gasteiger partial charge in [0, 0.05) is 32.1 Å². The molecule has 7 nitrogen and oxygen atoms in total. The first-order valence-electron chi connectivity index (χ1n) is 10.9. The lowest BCUT2D eigenvalue weighted by atomic mass is 9.69. The Kier molecular flexibility index (Phi) is 5.59. The second-order valence-corrected chi connectivity index (χ2v) is 9.49. The number of amides is 1. The highest BCUT2D eigenvalue weighted by molar-refractivity contribution is 5.79. The summed E-state index contributed by atoms with van der Waals surface area (Å²) in [6.07, 6.45) is 5.81. The number of hydrogen-bond acceptors (Lipinski definition) is 6. The standard InChI is InChI=1S/C23H30N4O3/c1-23(2,3)17-8-6-16(7-9-17)21(28)26-10-12-27(13-11-26)22-18(15-24)25-20(30-22)19-5-4-14-29-19/h4-5,14,16-17H,6-13H2,1-3H3. The minimum absolute atomic E-state index is 0.153. The van der Waals surface area contributed by atoms with E-state index >= 15 is 0 Å². The number of furan rings is 1.